The zero-order valence-electron chi connectivity index (χ0n) is 13.4. The predicted molar refractivity (Wildman–Crippen MR) is 88.6 cm³/mol. The van der Waals surface area contributed by atoms with Gasteiger partial charge in [-0.1, -0.05) is 0 Å². The molecule has 0 radical (unpaired) electrons. The highest BCUT2D eigenvalue weighted by Gasteiger charge is 2.27. The van der Waals surface area contributed by atoms with Crippen LogP contribution in [0.1, 0.15) is 34.7 Å². The van der Waals surface area contributed by atoms with Crippen LogP contribution in [-0.2, 0) is 0 Å². The van der Waals surface area contributed by atoms with Gasteiger partial charge < -0.3 is 10.5 Å². The Morgan fingerprint density at radius 3 is 2.69 bits per heavy atom. The highest BCUT2D eigenvalue weighted by Crippen LogP contribution is 2.44. The maximum absolute atomic E-state index is 13.8. The summed E-state index contributed by atoms with van der Waals surface area (Å²) < 4.78 is 43.9. The number of nitrogens with two attached hydrogens (primary N) is 1. The summed E-state index contributed by atoms with van der Waals surface area (Å²) in [4.78, 5) is 11.7. The van der Waals surface area contributed by atoms with E-state index in [1.165, 1.54) is 6.07 Å². The molecule has 1 fully saturated rings. The van der Waals surface area contributed by atoms with Gasteiger partial charge in [-0.2, -0.15) is 13.9 Å². The number of alkyl halides is 2. The third-order valence-corrected chi connectivity index (χ3v) is 4.43. The van der Waals surface area contributed by atoms with Gasteiger partial charge in [-0.15, -0.1) is 0 Å². The van der Waals surface area contributed by atoms with Crippen molar-refractivity contribution in [2.24, 2.45) is 5.73 Å². The van der Waals surface area contributed by atoms with Gasteiger partial charge in [-0.25, -0.2) is 4.39 Å². The fraction of sp³-hybridized carbons (Fsp3) is 0.222. The van der Waals surface area contributed by atoms with Crippen molar-refractivity contribution in [3.63, 3.8) is 0 Å². The lowest BCUT2D eigenvalue weighted by Crippen LogP contribution is -2.12. The first-order valence-electron chi connectivity index (χ1n) is 8.00. The van der Waals surface area contributed by atoms with Crippen molar-refractivity contribution < 1.29 is 22.7 Å². The van der Waals surface area contributed by atoms with E-state index in [0.29, 0.717) is 5.39 Å². The van der Waals surface area contributed by atoms with Crippen molar-refractivity contribution >= 4 is 16.8 Å². The fourth-order valence-electron chi connectivity index (χ4n) is 3.08. The summed E-state index contributed by atoms with van der Waals surface area (Å²) in [6.07, 6.45) is 1.92. The number of rotatable bonds is 5. The number of H-pyrrole nitrogens is 1. The first-order chi connectivity index (χ1) is 12.4. The molecule has 0 saturated heterocycles. The molecule has 4 rings (SSSR count). The number of ether oxygens (including phenoxy) is 1. The number of benzene rings is 2. The van der Waals surface area contributed by atoms with Crippen molar-refractivity contribution in [3.05, 3.63) is 47.3 Å². The van der Waals surface area contributed by atoms with Crippen LogP contribution in [0, 0.1) is 5.82 Å². The molecule has 1 saturated carbocycles. The first kappa shape index (κ1) is 16.4. The minimum atomic E-state index is -2.99. The molecule has 0 atom stereocenters. The molecule has 8 heteroatoms. The Labute approximate surface area is 145 Å². The quantitative estimate of drug-likeness (QED) is 0.722. The van der Waals surface area contributed by atoms with Crippen LogP contribution in [0.5, 0.6) is 5.75 Å². The van der Waals surface area contributed by atoms with E-state index in [1.54, 1.807) is 12.1 Å². The molecular formula is C18H14F3N3O2. The molecule has 0 aliphatic heterocycles. The molecule has 1 aromatic heterocycles. The summed E-state index contributed by atoms with van der Waals surface area (Å²) in [5.74, 6) is -1.07. The minimum Gasteiger partial charge on any atom is -0.433 e. The molecule has 1 heterocycles. The van der Waals surface area contributed by atoms with Crippen LogP contribution < -0.4 is 10.5 Å². The summed E-state index contributed by atoms with van der Waals surface area (Å²) in [7, 11) is 0. The zero-order chi connectivity index (χ0) is 18.4. The number of aromatic nitrogens is 2. The highest BCUT2D eigenvalue weighted by molar-refractivity contribution is 6.05. The molecule has 26 heavy (non-hydrogen) atoms. The SMILES string of the molecule is NC(=O)c1ccc(F)cc1-c1n[nH]c2c(OC(F)F)cc(C3CC3)cc12. The van der Waals surface area contributed by atoms with Crippen LogP contribution in [0.15, 0.2) is 30.3 Å². The molecule has 1 aliphatic carbocycles. The van der Waals surface area contributed by atoms with Crippen molar-refractivity contribution in [3.8, 4) is 17.0 Å². The standard InChI is InChI=1S/C18H14F3N3O2/c19-10-3-4-11(17(22)25)12(7-10)15-13-5-9(8-1-2-8)6-14(26-18(20)21)16(13)24-23-15/h3-8,18H,1-2H2,(H2,22,25)(H,23,24). The average Bonchev–Trinajstić information content (AvgIpc) is 3.33. The number of nitrogens with zero attached hydrogens (tertiary/aromatic N) is 1. The lowest BCUT2D eigenvalue weighted by atomic mass is 9.99. The van der Waals surface area contributed by atoms with E-state index < -0.39 is 18.3 Å². The molecule has 2 aromatic carbocycles. The van der Waals surface area contributed by atoms with E-state index in [-0.39, 0.29) is 34.0 Å². The van der Waals surface area contributed by atoms with Crippen LogP contribution in [0.2, 0.25) is 0 Å². The van der Waals surface area contributed by atoms with Gasteiger partial charge in [-0.3, -0.25) is 9.89 Å². The molecule has 3 N–H and O–H groups in total. The summed E-state index contributed by atoms with van der Waals surface area (Å²) in [6.45, 7) is -2.99. The van der Waals surface area contributed by atoms with Crippen LogP contribution >= 0.6 is 0 Å². The number of carbonyl (C=O) groups is 1. The second-order valence-corrected chi connectivity index (χ2v) is 6.22. The number of hydrogen-bond acceptors (Lipinski definition) is 3. The molecule has 134 valence electrons. The molecule has 5 nitrogen and oxygen atoms in total. The Kier molecular flexibility index (Phi) is 3.82. The van der Waals surface area contributed by atoms with Crippen LogP contribution in [0.25, 0.3) is 22.2 Å². The van der Waals surface area contributed by atoms with Gasteiger partial charge >= 0.3 is 6.61 Å². The number of hydrogen-bond donors (Lipinski definition) is 2. The van der Waals surface area contributed by atoms with E-state index in [2.05, 4.69) is 14.9 Å². The molecule has 0 bridgehead atoms. The Morgan fingerprint density at radius 1 is 1.27 bits per heavy atom. The van der Waals surface area contributed by atoms with E-state index >= 15 is 0 Å². The molecule has 3 aromatic rings. The van der Waals surface area contributed by atoms with Gasteiger partial charge in [-0.05, 0) is 54.7 Å². The fourth-order valence-corrected chi connectivity index (χ4v) is 3.08. The third kappa shape index (κ3) is 2.87. The van der Waals surface area contributed by atoms with Crippen LogP contribution in [-0.4, -0.2) is 22.7 Å². The third-order valence-electron chi connectivity index (χ3n) is 4.43. The number of fused-ring (bicyclic) bond motifs is 1. The zero-order valence-corrected chi connectivity index (χ0v) is 13.4. The number of primary amides is 1. The highest BCUT2D eigenvalue weighted by atomic mass is 19.3. The lowest BCUT2D eigenvalue weighted by molar-refractivity contribution is -0.0489. The second kappa shape index (κ2) is 6.05. The normalized spacial score (nSPS) is 14.2. The summed E-state index contributed by atoms with van der Waals surface area (Å²) in [5.41, 5.74) is 7.01. The van der Waals surface area contributed by atoms with Crippen molar-refractivity contribution in [2.45, 2.75) is 25.4 Å². The van der Waals surface area contributed by atoms with Gasteiger partial charge in [0.25, 0.3) is 0 Å². The Morgan fingerprint density at radius 2 is 2.04 bits per heavy atom. The number of nitrogens with one attached hydrogen (secondary N) is 1. The summed E-state index contributed by atoms with van der Waals surface area (Å²) >= 11 is 0. The maximum Gasteiger partial charge on any atom is 0.387 e. The van der Waals surface area contributed by atoms with Crippen molar-refractivity contribution in [2.75, 3.05) is 0 Å². The van der Waals surface area contributed by atoms with Crippen molar-refractivity contribution in [1.29, 1.82) is 0 Å². The molecule has 0 spiro atoms. The van der Waals surface area contributed by atoms with Crippen LogP contribution in [0.3, 0.4) is 0 Å². The summed E-state index contributed by atoms with van der Waals surface area (Å²) in [5, 5.41) is 7.23. The van der Waals surface area contributed by atoms with Crippen molar-refractivity contribution in [1.82, 2.24) is 10.2 Å². The van der Waals surface area contributed by atoms with Crippen LogP contribution in [0.4, 0.5) is 13.2 Å². The lowest BCUT2D eigenvalue weighted by Gasteiger charge is -2.09. The Balaban J connectivity index is 1.96. The summed E-state index contributed by atoms with van der Waals surface area (Å²) in [6, 6.07) is 6.91. The van der Waals surface area contributed by atoms with Gasteiger partial charge in [0, 0.05) is 16.5 Å². The van der Waals surface area contributed by atoms with E-state index in [9.17, 15) is 18.0 Å². The molecular weight excluding hydrogens is 347 g/mol. The van der Waals surface area contributed by atoms with Gasteiger partial charge in [0.1, 0.15) is 17.0 Å². The van der Waals surface area contributed by atoms with Gasteiger partial charge in [0.15, 0.2) is 5.75 Å². The monoisotopic (exact) mass is 361 g/mol. The second-order valence-electron chi connectivity index (χ2n) is 6.22. The van der Waals surface area contributed by atoms with E-state index in [4.69, 9.17) is 5.73 Å². The smallest absolute Gasteiger partial charge is 0.387 e. The number of aromatic amines is 1. The number of amides is 1. The average molecular weight is 361 g/mol. The molecule has 0 unspecified atom stereocenters. The first-order valence-corrected chi connectivity index (χ1v) is 8.00. The van der Waals surface area contributed by atoms with Gasteiger partial charge in [0.05, 0.1) is 0 Å². The number of halogens is 3. The van der Waals surface area contributed by atoms with E-state index in [0.717, 1.165) is 30.5 Å². The Bertz CT molecular complexity index is 1010. The largest absolute Gasteiger partial charge is 0.433 e. The van der Waals surface area contributed by atoms with Gasteiger partial charge in [0.2, 0.25) is 5.91 Å². The number of carbonyl (C=O) groups excluding carboxylic acids is 1. The predicted octanol–water partition coefficient (Wildman–Crippen LogP) is 3.95. The van der Waals surface area contributed by atoms with E-state index in [1.807, 2.05) is 0 Å². The maximum atomic E-state index is 13.8. The molecule has 1 amide bonds. The minimum absolute atomic E-state index is 0.0322. The molecule has 1 aliphatic rings. The Hall–Kier alpha value is -3.03. The topological polar surface area (TPSA) is 81.0 Å².